The fraction of sp³-hybridized carbons (Fsp3) is 0.227. The molecule has 0 aliphatic heterocycles. The van der Waals surface area contributed by atoms with Gasteiger partial charge in [-0.2, -0.15) is 0 Å². The Hall–Kier alpha value is -3.41. The van der Waals surface area contributed by atoms with Gasteiger partial charge in [-0.05, 0) is 31.9 Å². The summed E-state index contributed by atoms with van der Waals surface area (Å²) in [5.74, 6) is 1.60. The number of carbonyl (C=O) groups is 1. The summed E-state index contributed by atoms with van der Waals surface area (Å²) in [6.07, 6.45) is 2.05. The van der Waals surface area contributed by atoms with Gasteiger partial charge in [0.15, 0.2) is 5.82 Å². The molecule has 4 rings (SSSR count). The van der Waals surface area contributed by atoms with Crippen molar-refractivity contribution in [2.24, 2.45) is 0 Å². The number of nitrogens with zero attached hydrogens (tertiary/aromatic N) is 2. The van der Waals surface area contributed by atoms with Gasteiger partial charge in [0.05, 0.1) is 12.3 Å². The van der Waals surface area contributed by atoms with E-state index in [9.17, 15) is 4.79 Å². The van der Waals surface area contributed by atoms with Crippen molar-refractivity contribution in [1.29, 1.82) is 0 Å². The molecule has 6 heteroatoms. The molecule has 6 nitrogen and oxygen atoms in total. The molecule has 0 bridgehead atoms. The minimum Gasteiger partial charge on any atom is -0.492 e. The first-order chi connectivity index (χ1) is 13.7. The number of carbonyl (C=O) groups excluding carboxylic acids is 1. The smallest absolute Gasteiger partial charge is 0.270 e. The highest BCUT2D eigenvalue weighted by Crippen LogP contribution is 2.28. The van der Waals surface area contributed by atoms with Crippen LogP contribution in [0.4, 0.5) is 11.5 Å². The van der Waals surface area contributed by atoms with E-state index in [0.717, 1.165) is 29.8 Å². The van der Waals surface area contributed by atoms with Crippen molar-refractivity contribution in [3.05, 3.63) is 66.4 Å². The van der Waals surface area contributed by atoms with E-state index in [1.165, 1.54) is 0 Å². The van der Waals surface area contributed by atoms with E-state index in [0.29, 0.717) is 23.9 Å². The predicted molar refractivity (Wildman–Crippen MR) is 109 cm³/mol. The van der Waals surface area contributed by atoms with Crippen LogP contribution in [0, 0.1) is 0 Å². The summed E-state index contributed by atoms with van der Waals surface area (Å²) in [4.78, 5) is 21.7. The molecule has 0 saturated heterocycles. The number of aromatic nitrogens is 2. The first-order valence-electron chi connectivity index (χ1n) is 9.47. The van der Waals surface area contributed by atoms with Gasteiger partial charge in [-0.25, -0.2) is 9.97 Å². The van der Waals surface area contributed by atoms with Crippen molar-refractivity contribution in [3.63, 3.8) is 0 Å². The fourth-order valence-corrected chi connectivity index (χ4v) is 2.82. The second-order valence-electron chi connectivity index (χ2n) is 6.63. The number of hydrogen-bond acceptors (Lipinski definition) is 5. The Bertz CT molecular complexity index is 971. The van der Waals surface area contributed by atoms with Gasteiger partial charge in [0, 0.05) is 17.7 Å². The minimum absolute atomic E-state index is 0.178. The van der Waals surface area contributed by atoms with E-state index >= 15 is 0 Å². The molecule has 0 spiro atoms. The van der Waals surface area contributed by atoms with Crippen molar-refractivity contribution in [3.8, 4) is 17.1 Å². The molecule has 1 fully saturated rings. The Morgan fingerprint density at radius 3 is 2.57 bits per heavy atom. The summed E-state index contributed by atoms with van der Waals surface area (Å²) in [5, 5.41) is 6.27. The Morgan fingerprint density at radius 2 is 1.82 bits per heavy atom. The van der Waals surface area contributed by atoms with Crippen LogP contribution in [0.2, 0.25) is 0 Å². The standard InChI is InChI=1S/C22H22N4O2/c1-2-28-19-11-7-6-10-17(19)24-20-14-18(22(27)23-16-12-13-16)25-21(26-20)15-8-4-3-5-9-15/h3-11,14,16H,2,12-13H2,1H3,(H,23,27)(H,24,25,26). The third kappa shape index (κ3) is 4.28. The highest BCUT2D eigenvalue weighted by molar-refractivity contribution is 5.94. The van der Waals surface area contributed by atoms with Crippen LogP contribution in [0.3, 0.4) is 0 Å². The van der Waals surface area contributed by atoms with Gasteiger partial charge >= 0.3 is 0 Å². The van der Waals surface area contributed by atoms with E-state index in [1.807, 2.05) is 61.5 Å². The number of hydrogen-bond donors (Lipinski definition) is 2. The van der Waals surface area contributed by atoms with Crippen LogP contribution < -0.4 is 15.4 Å². The Labute approximate surface area is 164 Å². The number of ether oxygens (including phenoxy) is 1. The lowest BCUT2D eigenvalue weighted by Crippen LogP contribution is -2.26. The molecule has 1 aliphatic carbocycles. The van der Waals surface area contributed by atoms with Crippen molar-refractivity contribution >= 4 is 17.4 Å². The number of nitrogens with one attached hydrogen (secondary N) is 2. The molecule has 3 aromatic rings. The van der Waals surface area contributed by atoms with Gasteiger partial charge in [0.25, 0.3) is 5.91 Å². The molecule has 1 aromatic heterocycles. The molecule has 0 atom stereocenters. The molecule has 2 aromatic carbocycles. The van der Waals surface area contributed by atoms with Gasteiger partial charge in [0.2, 0.25) is 0 Å². The lowest BCUT2D eigenvalue weighted by Gasteiger charge is -2.13. The van der Waals surface area contributed by atoms with Crippen LogP contribution >= 0.6 is 0 Å². The quantitative estimate of drug-likeness (QED) is 0.649. The number of benzene rings is 2. The number of anilines is 2. The van der Waals surface area contributed by atoms with Gasteiger partial charge in [-0.15, -0.1) is 0 Å². The topological polar surface area (TPSA) is 76.1 Å². The molecule has 1 aliphatic rings. The molecule has 2 N–H and O–H groups in total. The lowest BCUT2D eigenvalue weighted by molar-refractivity contribution is 0.0946. The van der Waals surface area contributed by atoms with Crippen molar-refractivity contribution < 1.29 is 9.53 Å². The predicted octanol–water partition coefficient (Wildman–Crippen LogP) is 4.18. The second-order valence-corrected chi connectivity index (χ2v) is 6.63. The Balaban J connectivity index is 1.70. The molecule has 1 saturated carbocycles. The van der Waals surface area contributed by atoms with Crippen molar-refractivity contribution in [2.75, 3.05) is 11.9 Å². The first kappa shape index (κ1) is 18.0. The maximum absolute atomic E-state index is 12.6. The third-order valence-electron chi connectivity index (χ3n) is 4.35. The Kier molecular flexibility index (Phi) is 5.19. The summed E-state index contributed by atoms with van der Waals surface area (Å²) >= 11 is 0. The van der Waals surface area contributed by atoms with E-state index < -0.39 is 0 Å². The number of amides is 1. The van der Waals surface area contributed by atoms with Crippen LogP contribution in [-0.2, 0) is 0 Å². The molecule has 0 radical (unpaired) electrons. The molecular weight excluding hydrogens is 352 g/mol. The lowest BCUT2D eigenvalue weighted by atomic mass is 10.2. The van der Waals surface area contributed by atoms with E-state index in [2.05, 4.69) is 20.6 Å². The van der Waals surface area contributed by atoms with E-state index in [4.69, 9.17) is 4.74 Å². The van der Waals surface area contributed by atoms with Crippen molar-refractivity contribution in [1.82, 2.24) is 15.3 Å². The van der Waals surface area contributed by atoms with E-state index in [1.54, 1.807) is 6.07 Å². The van der Waals surface area contributed by atoms with Crippen molar-refractivity contribution in [2.45, 2.75) is 25.8 Å². The number of para-hydroxylation sites is 2. The summed E-state index contributed by atoms with van der Waals surface area (Å²) in [5.41, 5.74) is 1.98. The maximum atomic E-state index is 12.6. The monoisotopic (exact) mass is 374 g/mol. The van der Waals surface area contributed by atoms with Gasteiger partial charge in [-0.1, -0.05) is 42.5 Å². The molecule has 1 amide bonds. The SMILES string of the molecule is CCOc1ccccc1Nc1cc(C(=O)NC2CC2)nc(-c2ccccc2)n1. The maximum Gasteiger partial charge on any atom is 0.270 e. The second kappa shape index (κ2) is 8.08. The molecule has 28 heavy (non-hydrogen) atoms. The molecule has 0 unspecified atom stereocenters. The summed E-state index contributed by atoms with van der Waals surface area (Å²) < 4.78 is 5.68. The van der Waals surface area contributed by atoms with Crippen LogP contribution in [0.25, 0.3) is 11.4 Å². The largest absolute Gasteiger partial charge is 0.492 e. The van der Waals surface area contributed by atoms with E-state index in [-0.39, 0.29) is 11.9 Å². The highest BCUT2D eigenvalue weighted by atomic mass is 16.5. The van der Waals surface area contributed by atoms with Crippen LogP contribution in [-0.4, -0.2) is 28.5 Å². The molecule has 1 heterocycles. The number of rotatable bonds is 7. The normalized spacial score (nSPS) is 13.0. The minimum atomic E-state index is -0.178. The van der Waals surface area contributed by atoms with Crippen LogP contribution in [0.1, 0.15) is 30.3 Å². The van der Waals surface area contributed by atoms with Crippen LogP contribution in [0.15, 0.2) is 60.7 Å². The summed E-state index contributed by atoms with van der Waals surface area (Å²) in [6, 6.07) is 19.2. The molecule has 142 valence electrons. The fourth-order valence-electron chi connectivity index (χ4n) is 2.82. The zero-order chi connectivity index (χ0) is 19.3. The zero-order valence-corrected chi connectivity index (χ0v) is 15.7. The highest BCUT2D eigenvalue weighted by Gasteiger charge is 2.25. The van der Waals surface area contributed by atoms with Crippen LogP contribution in [0.5, 0.6) is 5.75 Å². The summed E-state index contributed by atoms with van der Waals surface area (Å²) in [6.45, 7) is 2.50. The van der Waals surface area contributed by atoms with Gasteiger partial charge in [0.1, 0.15) is 17.3 Å². The van der Waals surface area contributed by atoms with Gasteiger partial charge in [-0.3, -0.25) is 4.79 Å². The zero-order valence-electron chi connectivity index (χ0n) is 15.7. The average molecular weight is 374 g/mol. The summed E-state index contributed by atoms with van der Waals surface area (Å²) in [7, 11) is 0. The molecular formula is C22H22N4O2. The average Bonchev–Trinajstić information content (AvgIpc) is 3.54. The van der Waals surface area contributed by atoms with Gasteiger partial charge < -0.3 is 15.4 Å². The Morgan fingerprint density at radius 1 is 1.07 bits per heavy atom. The third-order valence-corrected chi connectivity index (χ3v) is 4.35. The first-order valence-corrected chi connectivity index (χ1v) is 9.47.